The number of sulfonamides is 1. The molecule has 1 unspecified atom stereocenters. The summed E-state index contributed by atoms with van der Waals surface area (Å²) in [7, 11) is -0.135. The number of carboxylic acid groups (broad SMARTS) is 1. The molecule has 0 spiro atoms. The average Bonchev–Trinajstić information content (AvgIpc) is 2.56. The highest BCUT2D eigenvalue weighted by molar-refractivity contribution is 7.89. The molecule has 6 nitrogen and oxygen atoms in total. The Morgan fingerprint density at radius 3 is 2.40 bits per heavy atom. The standard InChI is InChI=1S/C17H19ClN2O4S/c1-20(2)16(12-6-8-14(18)9-7-12)11-19-25(23,24)15-5-3-4-13(10-15)17(21)22/h3-10,16,19H,11H2,1-2H3,(H,21,22). The van der Waals surface area contributed by atoms with E-state index in [-0.39, 0.29) is 23.0 Å². The summed E-state index contributed by atoms with van der Waals surface area (Å²) in [5.74, 6) is -1.18. The lowest BCUT2D eigenvalue weighted by molar-refractivity contribution is 0.0696. The number of rotatable bonds is 7. The topological polar surface area (TPSA) is 86.7 Å². The lowest BCUT2D eigenvalue weighted by Gasteiger charge is -2.25. The number of hydrogen-bond donors (Lipinski definition) is 2. The quantitative estimate of drug-likeness (QED) is 0.768. The van der Waals surface area contributed by atoms with Gasteiger partial charge in [-0.25, -0.2) is 17.9 Å². The minimum Gasteiger partial charge on any atom is -0.478 e. The molecule has 0 aliphatic carbocycles. The molecule has 25 heavy (non-hydrogen) atoms. The zero-order valence-electron chi connectivity index (χ0n) is 13.8. The van der Waals surface area contributed by atoms with Crippen molar-refractivity contribution >= 4 is 27.6 Å². The van der Waals surface area contributed by atoms with Gasteiger partial charge in [0.05, 0.1) is 10.5 Å². The first-order valence-corrected chi connectivity index (χ1v) is 9.32. The Balaban J connectivity index is 2.20. The minimum atomic E-state index is -3.83. The van der Waals surface area contributed by atoms with Crippen molar-refractivity contribution in [2.24, 2.45) is 0 Å². The first kappa shape index (κ1) is 19.4. The number of carboxylic acids is 1. The molecule has 2 aromatic rings. The molecular weight excluding hydrogens is 364 g/mol. The third kappa shape index (κ3) is 5.02. The van der Waals surface area contributed by atoms with Gasteiger partial charge in [-0.3, -0.25) is 0 Å². The Bertz CT molecular complexity index is 851. The summed E-state index contributed by atoms with van der Waals surface area (Å²) in [6.07, 6.45) is 0. The number of nitrogens with zero attached hydrogens (tertiary/aromatic N) is 1. The molecule has 0 saturated carbocycles. The van der Waals surface area contributed by atoms with Gasteiger partial charge >= 0.3 is 5.97 Å². The van der Waals surface area contributed by atoms with Gasteiger partial charge in [0.25, 0.3) is 0 Å². The second-order valence-corrected chi connectivity index (χ2v) is 7.92. The third-order valence-electron chi connectivity index (χ3n) is 3.74. The first-order valence-electron chi connectivity index (χ1n) is 7.45. The molecule has 0 heterocycles. The Kier molecular flexibility index (Phi) is 6.18. The predicted octanol–water partition coefficient (Wildman–Crippen LogP) is 2.62. The van der Waals surface area contributed by atoms with Crippen LogP contribution in [-0.4, -0.2) is 45.0 Å². The van der Waals surface area contributed by atoms with Crippen molar-refractivity contribution in [1.29, 1.82) is 0 Å². The van der Waals surface area contributed by atoms with Crippen LogP contribution in [0.1, 0.15) is 22.0 Å². The molecule has 0 aliphatic heterocycles. The van der Waals surface area contributed by atoms with E-state index in [9.17, 15) is 13.2 Å². The molecule has 0 aliphatic rings. The Labute approximate surface area is 152 Å². The summed E-state index contributed by atoms with van der Waals surface area (Å²) >= 11 is 5.89. The summed E-state index contributed by atoms with van der Waals surface area (Å²) < 4.78 is 27.5. The third-order valence-corrected chi connectivity index (χ3v) is 5.41. The molecule has 0 saturated heterocycles. The number of nitrogens with one attached hydrogen (secondary N) is 1. The van der Waals surface area contributed by atoms with Gasteiger partial charge in [0, 0.05) is 17.6 Å². The Hall–Kier alpha value is -1.93. The van der Waals surface area contributed by atoms with Crippen LogP contribution in [0.2, 0.25) is 5.02 Å². The van der Waals surface area contributed by atoms with Crippen LogP contribution in [0.3, 0.4) is 0 Å². The van der Waals surface area contributed by atoms with Crippen molar-refractivity contribution in [1.82, 2.24) is 9.62 Å². The number of carbonyl (C=O) groups is 1. The van der Waals surface area contributed by atoms with E-state index < -0.39 is 16.0 Å². The van der Waals surface area contributed by atoms with Crippen LogP contribution >= 0.6 is 11.6 Å². The summed E-state index contributed by atoms with van der Waals surface area (Å²) in [6, 6.07) is 12.2. The van der Waals surface area contributed by atoms with Gasteiger partial charge in [-0.1, -0.05) is 29.8 Å². The first-order chi connectivity index (χ1) is 11.7. The average molecular weight is 383 g/mol. The molecular formula is C17H19ClN2O4S. The van der Waals surface area contributed by atoms with Crippen molar-refractivity contribution in [2.75, 3.05) is 20.6 Å². The maximum atomic E-state index is 12.5. The maximum absolute atomic E-state index is 12.5. The van der Waals surface area contributed by atoms with Crippen molar-refractivity contribution in [3.63, 3.8) is 0 Å². The molecule has 134 valence electrons. The smallest absolute Gasteiger partial charge is 0.335 e. The number of benzene rings is 2. The maximum Gasteiger partial charge on any atom is 0.335 e. The monoisotopic (exact) mass is 382 g/mol. The lowest BCUT2D eigenvalue weighted by atomic mass is 10.1. The lowest BCUT2D eigenvalue weighted by Crippen LogP contribution is -2.34. The van der Waals surface area contributed by atoms with Crippen LogP contribution in [0.4, 0.5) is 0 Å². The van der Waals surface area contributed by atoms with E-state index >= 15 is 0 Å². The zero-order valence-corrected chi connectivity index (χ0v) is 15.4. The molecule has 2 aromatic carbocycles. The molecule has 0 bridgehead atoms. The van der Waals surface area contributed by atoms with Crippen LogP contribution in [0, 0.1) is 0 Å². The van der Waals surface area contributed by atoms with Gasteiger partial charge < -0.3 is 10.0 Å². The predicted molar refractivity (Wildman–Crippen MR) is 96.5 cm³/mol. The van der Waals surface area contributed by atoms with Gasteiger partial charge in [-0.05, 0) is 50.0 Å². The van der Waals surface area contributed by atoms with Crippen LogP contribution in [0.15, 0.2) is 53.4 Å². The number of hydrogen-bond acceptors (Lipinski definition) is 4. The summed E-state index contributed by atoms with van der Waals surface area (Å²) in [5, 5.41) is 9.61. The zero-order chi connectivity index (χ0) is 18.6. The molecule has 8 heteroatoms. The molecule has 0 fully saturated rings. The Morgan fingerprint density at radius 1 is 1.20 bits per heavy atom. The van der Waals surface area contributed by atoms with Gasteiger partial charge in [-0.15, -0.1) is 0 Å². The fourth-order valence-electron chi connectivity index (χ4n) is 2.35. The molecule has 0 aromatic heterocycles. The summed E-state index contributed by atoms with van der Waals surface area (Å²) in [5.41, 5.74) is 0.834. The van der Waals surface area contributed by atoms with E-state index in [2.05, 4.69) is 4.72 Å². The SMILES string of the molecule is CN(C)C(CNS(=O)(=O)c1cccc(C(=O)O)c1)c1ccc(Cl)cc1. The van der Waals surface area contributed by atoms with Crippen LogP contribution in [0.25, 0.3) is 0 Å². The van der Waals surface area contributed by atoms with Crippen molar-refractivity contribution in [3.8, 4) is 0 Å². The van der Waals surface area contributed by atoms with Crippen molar-refractivity contribution < 1.29 is 18.3 Å². The van der Waals surface area contributed by atoms with Crippen molar-refractivity contribution in [3.05, 3.63) is 64.7 Å². The van der Waals surface area contributed by atoms with E-state index in [0.717, 1.165) is 11.6 Å². The van der Waals surface area contributed by atoms with Crippen LogP contribution in [0.5, 0.6) is 0 Å². The highest BCUT2D eigenvalue weighted by Gasteiger charge is 2.20. The van der Waals surface area contributed by atoms with E-state index in [0.29, 0.717) is 5.02 Å². The second kappa shape index (κ2) is 7.97. The van der Waals surface area contributed by atoms with Gasteiger partial charge in [0.15, 0.2) is 0 Å². The Morgan fingerprint density at radius 2 is 1.84 bits per heavy atom. The van der Waals surface area contributed by atoms with Gasteiger partial charge in [-0.2, -0.15) is 0 Å². The van der Waals surface area contributed by atoms with Crippen molar-refractivity contribution in [2.45, 2.75) is 10.9 Å². The highest BCUT2D eigenvalue weighted by atomic mass is 35.5. The molecule has 0 radical (unpaired) electrons. The van der Waals surface area contributed by atoms with Crippen LogP contribution in [-0.2, 0) is 10.0 Å². The molecule has 1 atom stereocenters. The normalized spacial score (nSPS) is 13.0. The summed E-state index contributed by atoms with van der Waals surface area (Å²) in [4.78, 5) is 12.8. The molecule has 2 rings (SSSR count). The minimum absolute atomic E-state index is 0.0789. The largest absolute Gasteiger partial charge is 0.478 e. The van der Waals surface area contributed by atoms with E-state index in [1.807, 2.05) is 31.1 Å². The van der Waals surface area contributed by atoms with E-state index in [1.54, 1.807) is 12.1 Å². The number of halogens is 1. The molecule has 0 amide bonds. The van der Waals surface area contributed by atoms with Crippen LogP contribution < -0.4 is 4.72 Å². The van der Waals surface area contributed by atoms with E-state index in [1.165, 1.54) is 18.2 Å². The van der Waals surface area contributed by atoms with E-state index in [4.69, 9.17) is 16.7 Å². The molecule has 2 N–H and O–H groups in total. The van der Waals surface area contributed by atoms with Gasteiger partial charge in [0.1, 0.15) is 0 Å². The fourth-order valence-corrected chi connectivity index (χ4v) is 3.56. The number of likely N-dealkylation sites (N-methyl/N-ethyl adjacent to an activating group) is 1. The highest BCUT2D eigenvalue weighted by Crippen LogP contribution is 2.21. The second-order valence-electron chi connectivity index (χ2n) is 5.72. The fraction of sp³-hybridized carbons (Fsp3) is 0.235. The summed E-state index contributed by atoms with van der Waals surface area (Å²) in [6.45, 7) is 0.133. The van der Waals surface area contributed by atoms with Gasteiger partial charge in [0.2, 0.25) is 10.0 Å². The number of aromatic carboxylic acids is 1.